The predicted molar refractivity (Wildman–Crippen MR) is 70.1 cm³/mol. The second-order valence-corrected chi connectivity index (χ2v) is 4.48. The van der Waals surface area contributed by atoms with Crippen LogP contribution in [0.15, 0.2) is 18.2 Å². The number of hydrogen-bond donors (Lipinski definition) is 2. The summed E-state index contributed by atoms with van der Waals surface area (Å²) in [4.78, 5) is 0. The highest BCUT2D eigenvalue weighted by molar-refractivity contribution is 7.80. The number of aryl methyl sites for hydroxylation is 1. The Kier molecular flexibility index (Phi) is 3.29. The number of hydrogen-bond acceptors (Lipinski definition) is 2. The minimum Gasteiger partial charge on any atom is -0.495 e. The SMILES string of the molecule is COc1ccc(C)cc1NC(=S)NC1CC1. The minimum absolute atomic E-state index is 0.566. The van der Waals surface area contributed by atoms with Crippen molar-refractivity contribution in [1.82, 2.24) is 5.32 Å². The molecule has 16 heavy (non-hydrogen) atoms. The monoisotopic (exact) mass is 236 g/mol. The third kappa shape index (κ3) is 2.85. The van der Waals surface area contributed by atoms with Gasteiger partial charge in [-0.2, -0.15) is 0 Å². The summed E-state index contributed by atoms with van der Waals surface area (Å²) in [5, 5.41) is 7.08. The normalized spacial score (nSPS) is 14.4. The van der Waals surface area contributed by atoms with E-state index in [1.54, 1.807) is 7.11 Å². The summed E-state index contributed by atoms with van der Waals surface area (Å²) in [6.45, 7) is 2.04. The summed E-state index contributed by atoms with van der Waals surface area (Å²) in [6, 6.07) is 6.55. The van der Waals surface area contributed by atoms with E-state index in [4.69, 9.17) is 17.0 Å². The Labute approximate surface area is 101 Å². The highest BCUT2D eigenvalue weighted by atomic mass is 32.1. The lowest BCUT2D eigenvalue weighted by atomic mass is 10.2. The van der Waals surface area contributed by atoms with Crippen LogP contribution in [-0.4, -0.2) is 18.3 Å². The van der Waals surface area contributed by atoms with Crippen LogP contribution in [-0.2, 0) is 0 Å². The first-order valence-electron chi connectivity index (χ1n) is 5.41. The molecule has 0 aliphatic heterocycles. The fourth-order valence-corrected chi connectivity index (χ4v) is 1.77. The molecule has 0 aromatic heterocycles. The van der Waals surface area contributed by atoms with Gasteiger partial charge < -0.3 is 15.4 Å². The number of nitrogens with one attached hydrogen (secondary N) is 2. The van der Waals surface area contributed by atoms with Crippen molar-refractivity contribution < 1.29 is 4.74 Å². The van der Waals surface area contributed by atoms with Crippen LogP contribution in [0.4, 0.5) is 5.69 Å². The van der Waals surface area contributed by atoms with Crippen LogP contribution in [0.25, 0.3) is 0 Å². The van der Waals surface area contributed by atoms with Crippen LogP contribution in [0.1, 0.15) is 18.4 Å². The van der Waals surface area contributed by atoms with Crippen molar-refractivity contribution in [1.29, 1.82) is 0 Å². The molecule has 0 radical (unpaired) electrons. The van der Waals surface area contributed by atoms with Crippen molar-refractivity contribution in [3.8, 4) is 5.75 Å². The lowest BCUT2D eigenvalue weighted by molar-refractivity contribution is 0.417. The fourth-order valence-electron chi connectivity index (χ4n) is 1.49. The zero-order valence-corrected chi connectivity index (χ0v) is 10.4. The molecule has 0 amide bonds. The van der Waals surface area contributed by atoms with Crippen LogP contribution in [0.2, 0.25) is 0 Å². The largest absolute Gasteiger partial charge is 0.495 e. The van der Waals surface area contributed by atoms with E-state index >= 15 is 0 Å². The van der Waals surface area contributed by atoms with E-state index in [0.29, 0.717) is 11.2 Å². The third-order valence-electron chi connectivity index (χ3n) is 2.52. The van der Waals surface area contributed by atoms with Crippen molar-refractivity contribution in [2.75, 3.05) is 12.4 Å². The number of methoxy groups -OCH3 is 1. The highest BCUT2D eigenvalue weighted by Crippen LogP contribution is 2.25. The minimum atomic E-state index is 0.566. The van der Waals surface area contributed by atoms with Gasteiger partial charge in [-0.3, -0.25) is 0 Å². The van der Waals surface area contributed by atoms with E-state index in [9.17, 15) is 0 Å². The van der Waals surface area contributed by atoms with Gasteiger partial charge in [0.2, 0.25) is 0 Å². The molecule has 0 saturated heterocycles. The van der Waals surface area contributed by atoms with Crippen LogP contribution in [0.3, 0.4) is 0 Å². The maximum Gasteiger partial charge on any atom is 0.171 e. The number of ether oxygens (including phenoxy) is 1. The lowest BCUT2D eigenvalue weighted by Crippen LogP contribution is -2.30. The maximum atomic E-state index is 5.27. The summed E-state index contributed by atoms with van der Waals surface area (Å²) in [5.74, 6) is 0.811. The van der Waals surface area contributed by atoms with Crippen molar-refractivity contribution in [3.05, 3.63) is 23.8 Å². The zero-order valence-electron chi connectivity index (χ0n) is 9.54. The lowest BCUT2D eigenvalue weighted by Gasteiger charge is -2.13. The molecule has 1 fully saturated rings. The molecule has 0 heterocycles. The second-order valence-electron chi connectivity index (χ2n) is 4.08. The quantitative estimate of drug-likeness (QED) is 0.790. The Morgan fingerprint density at radius 3 is 2.81 bits per heavy atom. The Morgan fingerprint density at radius 1 is 1.44 bits per heavy atom. The first-order chi connectivity index (χ1) is 7.69. The van der Waals surface area contributed by atoms with Gasteiger partial charge in [-0.1, -0.05) is 6.07 Å². The van der Waals surface area contributed by atoms with Gasteiger partial charge in [-0.15, -0.1) is 0 Å². The maximum absolute atomic E-state index is 5.27. The number of benzene rings is 1. The Morgan fingerprint density at radius 2 is 2.19 bits per heavy atom. The molecule has 0 unspecified atom stereocenters. The second kappa shape index (κ2) is 4.70. The Balaban J connectivity index is 2.05. The highest BCUT2D eigenvalue weighted by Gasteiger charge is 2.21. The molecule has 1 aliphatic carbocycles. The number of anilines is 1. The topological polar surface area (TPSA) is 33.3 Å². The van der Waals surface area contributed by atoms with Crippen LogP contribution in [0, 0.1) is 6.92 Å². The molecule has 0 bridgehead atoms. The summed E-state index contributed by atoms with van der Waals surface area (Å²) in [6.07, 6.45) is 2.43. The van der Waals surface area contributed by atoms with E-state index in [0.717, 1.165) is 11.4 Å². The first kappa shape index (κ1) is 11.2. The van der Waals surface area contributed by atoms with Gasteiger partial charge >= 0.3 is 0 Å². The summed E-state index contributed by atoms with van der Waals surface area (Å²) < 4.78 is 5.27. The molecule has 0 atom stereocenters. The van der Waals surface area contributed by atoms with Crippen molar-refractivity contribution in [2.24, 2.45) is 0 Å². The molecule has 4 heteroatoms. The molecular weight excluding hydrogens is 220 g/mol. The molecular formula is C12H16N2OS. The molecule has 1 aromatic rings. The molecule has 3 nitrogen and oxygen atoms in total. The Bertz CT molecular complexity index is 402. The van der Waals surface area contributed by atoms with Gasteiger partial charge in [0.05, 0.1) is 12.8 Å². The van der Waals surface area contributed by atoms with Gasteiger partial charge in [-0.25, -0.2) is 0 Å². The van der Waals surface area contributed by atoms with Crippen LogP contribution in [0.5, 0.6) is 5.75 Å². The molecule has 86 valence electrons. The first-order valence-corrected chi connectivity index (χ1v) is 5.82. The van der Waals surface area contributed by atoms with E-state index in [2.05, 4.69) is 10.6 Å². The van der Waals surface area contributed by atoms with Gasteiger partial charge in [0, 0.05) is 6.04 Å². The Hall–Kier alpha value is -1.29. The van der Waals surface area contributed by atoms with Gasteiger partial charge in [0.1, 0.15) is 5.75 Å². The number of thiocarbonyl (C=S) groups is 1. The molecule has 1 aromatic carbocycles. The predicted octanol–water partition coefficient (Wildman–Crippen LogP) is 2.45. The van der Waals surface area contributed by atoms with E-state index in [1.807, 2.05) is 25.1 Å². The van der Waals surface area contributed by atoms with Gasteiger partial charge in [0.25, 0.3) is 0 Å². The van der Waals surface area contributed by atoms with Crippen molar-refractivity contribution >= 4 is 23.0 Å². The summed E-state index contributed by atoms with van der Waals surface area (Å²) >= 11 is 5.23. The average molecular weight is 236 g/mol. The van der Waals surface area contributed by atoms with E-state index in [-0.39, 0.29) is 0 Å². The standard InChI is InChI=1S/C12H16N2OS/c1-8-3-6-11(15-2)10(7-8)14-12(16)13-9-4-5-9/h3,6-7,9H,4-5H2,1-2H3,(H2,13,14,16). The molecule has 1 aliphatic rings. The number of rotatable bonds is 3. The van der Waals surface area contributed by atoms with Crippen LogP contribution < -0.4 is 15.4 Å². The summed E-state index contributed by atoms with van der Waals surface area (Å²) in [5.41, 5.74) is 2.10. The van der Waals surface area contributed by atoms with Gasteiger partial charge in [0.15, 0.2) is 5.11 Å². The van der Waals surface area contributed by atoms with Crippen molar-refractivity contribution in [3.63, 3.8) is 0 Å². The zero-order chi connectivity index (χ0) is 11.5. The van der Waals surface area contributed by atoms with Crippen molar-refractivity contribution in [2.45, 2.75) is 25.8 Å². The smallest absolute Gasteiger partial charge is 0.171 e. The van der Waals surface area contributed by atoms with E-state index < -0.39 is 0 Å². The summed E-state index contributed by atoms with van der Waals surface area (Å²) in [7, 11) is 1.66. The van der Waals surface area contributed by atoms with Gasteiger partial charge in [-0.05, 0) is 49.7 Å². The van der Waals surface area contributed by atoms with E-state index in [1.165, 1.54) is 18.4 Å². The fraction of sp³-hybridized carbons (Fsp3) is 0.417. The molecule has 2 rings (SSSR count). The third-order valence-corrected chi connectivity index (χ3v) is 2.74. The molecule has 0 spiro atoms. The average Bonchev–Trinajstić information content (AvgIpc) is 3.02. The molecule has 1 saturated carbocycles. The molecule has 2 N–H and O–H groups in total. The van der Waals surface area contributed by atoms with Crippen LogP contribution >= 0.6 is 12.2 Å².